The van der Waals surface area contributed by atoms with Crippen molar-refractivity contribution in [2.45, 2.75) is 51.1 Å². The number of amides is 2. The van der Waals surface area contributed by atoms with Crippen molar-refractivity contribution < 1.29 is 18.0 Å². The van der Waals surface area contributed by atoms with Crippen LogP contribution in [0.5, 0.6) is 0 Å². The predicted molar refractivity (Wildman–Crippen MR) is 159 cm³/mol. The van der Waals surface area contributed by atoms with Crippen molar-refractivity contribution in [3.05, 3.63) is 93.4 Å². The largest absolute Gasteiger partial charge is 0.354 e. The highest BCUT2D eigenvalue weighted by Gasteiger charge is 2.33. The molecule has 1 unspecified atom stereocenters. The van der Waals surface area contributed by atoms with E-state index in [2.05, 4.69) is 21.2 Å². The Morgan fingerprint density at radius 1 is 1.00 bits per heavy atom. The molecule has 7 nitrogen and oxygen atoms in total. The van der Waals surface area contributed by atoms with E-state index >= 15 is 0 Å². The number of hydrogen-bond acceptors (Lipinski definition) is 4. The maximum atomic E-state index is 13.9. The van der Waals surface area contributed by atoms with Gasteiger partial charge in [0.1, 0.15) is 12.6 Å². The van der Waals surface area contributed by atoms with Crippen LogP contribution in [0, 0.1) is 6.92 Å². The number of anilines is 1. The number of benzene rings is 3. The first-order valence-corrected chi connectivity index (χ1v) is 15.3. The summed E-state index contributed by atoms with van der Waals surface area (Å²) in [5.41, 5.74) is 1.62. The number of unbranched alkanes of at least 4 members (excludes halogenated alkanes) is 1. The van der Waals surface area contributed by atoms with E-state index in [-0.39, 0.29) is 17.3 Å². The molecule has 39 heavy (non-hydrogen) atoms. The highest BCUT2D eigenvalue weighted by molar-refractivity contribution is 9.10. The zero-order valence-corrected chi connectivity index (χ0v) is 25.4. The van der Waals surface area contributed by atoms with Gasteiger partial charge in [-0.25, -0.2) is 8.42 Å². The van der Waals surface area contributed by atoms with Gasteiger partial charge in [0.25, 0.3) is 10.0 Å². The zero-order valence-electron chi connectivity index (χ0n) is 22.2. The molecule has 3 rings (SSSR count). The Hall–Kier alpha value is -2.88. The van der Waals surface area contributed by atoms with Crippen LogP contribution in [0.4, 0.5) is 5.69 Å². The number of halogens is 2. The van der Waals surface area contributed by atoms with E-state index < -0.39 is 28.5 Å². The van der Waals surface area contributed by atoms with E-state index in [0.29, 0.717) is 22.8 Å². The first-order valence-electron chi connectivity index (χ1n) is 12.7. The van der Waals surface area contributed by atoms with Crippen molar-refractivity contribution in [2.75, 3.05) is 17.4 Å². The first-order chi connectivity index (χ1) is 18.6. The van der Waals surface area contributed by atoms with E-state index in [0.717, 1.165) is 27.2 Å². The number of nitrogens with zero attached hydrogens (tertiary/aromatic N) is 2. The summed E-state index contributed by atoms with van der Waals surface area (Å²) >= 11 is 9.77. The highest BCUT2D eigenvalue weighted by Crippen LogP contribution is 2.31. The molecule has 0 saturated heterocycles. The summed E-state index contributed by atoms with van der Waals surface area (Å²) in [6.45, 7) is 5.50. The summed E-state index contributed by atoms with van der Waals surface area (Å²) in [5.74, 6) is -0.819. The number of carbonyl (C=O) groups excluding carboxylic acids is 2. The van der Waals surface area contributed by atoms with E-state index in [1.54, 1.807) is 50.2 Å². The summed E-state index contributed by atoms with van der Waals surface area (Å²) in [6, 6.07) is 19.4. The minimum Gasteiger partial charge on any atom is -0.354 e. The number of hydrogen-bond donors (Lipinski definition) is 1. The minimum atomic E-state index is -4.14. The highest BCUT2D eigenvalue weighted by atomic mass is 79.9. The SMILES string of the molecule is CCCCNC(=O)C(C)N(Cc1ccc(Br)cc1)C(=O)CN(c1cccc(Cl)c1C)S(=O)(=O)c1ccccc1. The summed E-state index contributed by atoms with van der Waals surface area (Å²) in [7, 11) is -4.14. The van der Waals surface area contributed by atoms with Gasteiger partial charge in [-0.2, -0.15) is 0 Å². The quantitative estimate of drug-likeness (QED) is 0.250. The molecule has 0 heterocycles. The molecule has 0 fully saturated rings. The molecule has 0 aliphatic heterocycles. The first kappa shape index (κ1) is 30.7. The van der Waals surface area contributed by atoms with Crippen molar-refractivity contribution in [3.63, 3.8) is 0 Å². The third-order valence-electron chi connectivity index (χ3n) is 6.38. The maximum absolute atomic E-state index is 13.9. The Bertz CT molecular complexity index is 1390. The number of rotatable bonds is 12. The zero-order chi connectivity index (χ0) is 28.6. The van der Waals surface area contributed by atoms with Crippen molar-refractivity contribution >= 4 is 55.1 Å². The lowest BCUT2D eigenvalue weighted by Crippen LogP contribution is -2.51. The summed E-state index contributed by atoms with van der Waals surface area (Å²) in [5, 5.41) is 3.26. The van der Waals surface area contributed by atoms with Crippen LogP contribution in [-0.4, -0.2) is 44.3 Å². The lowest BCUT2D eigenvalue weighted by molar-refractivity contribution is -0.139. The van der Waals surface area contributed by atoms with Gasteiger partial charge in [0.05, 0.1) is 10.6 Å². The Balaban J connectivity index is 2.02. The van der Waals surface area contributed by atoms with Gasteiger partial charge < -0.3 is 10.2 Å². The molecule has 3 aromatic rings. The monoisotopic (exact) mass is 633 g/mol. The van der Waals surface area contributed by atoms with Gasteiger partial charge in [-0.3, -0.25) is 13.9 Å². The third-order valence-corrected chi connectivity index (χ3v) is 9.09. The van der Waals surface area contributed by atoms with Crippen molar-refractivity contribution in [1.82, 2.24) is 10.2 Å². The molecule has 1 atom stereocenters. The molecule has 1 N–H and O–H groups in total. The fourth-order valence-corrected chi connectivity index (χ4v) is 5.93. The van der Waals surface area contributed by atoms with Gasteiger partial charge in [-0.15, -0.1) is 0 Å². The Kier molecular flexibility index (Phi) is 11.0. The maximum Gasteiger partial charge on any atom is 0.264 e. The second-order valence-corrected chi connectivity index (χ2v) is 12.4. The standard InChI is InChI=1S/C29H33BrClN3O4S/c1-4-5-18-32-29(36)22(3)33(19-23-14-16-24(30)17-15-23)28(35)20-34(27-13-9-12-26(31)21(27)2)39(37,38)25-10-7-6-8-11-25/h6-17,22H,4-5,18-20H2,1-3H3,(H,32,36). The normalized spacial score (nSPS) is 12.0. The lowest BCUT2D eigenvalue weighted by atomic mass is 10.1. The summed E-state index contributed by atoms with van der Waals surface area (Å²) < 4.78 is 29.7. The lowest BCUT2D eigenvalue weighted by Gasteiger charge is -2.32. The van der Waals surface area contributed by atoms with Crippen LogP contribution < -0.4 is 9.62 Å². The molecule has 0 aromatic heterocycles. The van der Waals surface area contributed by atoms with Gasteiger partial charge in [-0.05, 0) is 67.8 Å². The molecule has 0 radical (unpaired) electrons. The second kappa shape index (κ2) is 14.0. The summed E-state index contributed by atoms with van der Waals surface area (Å²) in [4.78, 5) is 28.4. The minimum absolute atomic E-state index is 0.0435. The Morgan fingerprint density at radius 2 is 1.67 bits per heavy atom. The third kappa shape index (κ3) is 7.84. The van der Waals surface area contributed by atoms with Crippen LogP contribution >= 0.6 is 27.5 Å². The molecule has 208 valence electrons. The topological polar surface area (TPSA) is 86.8 Å². The van der Waals surface area contributed by atoms with Gasteiger partial charge in [-0.1, -0.05) is 77.3 Å². The average Bonchev–Trinajstić information content (AvgIpc) is 2.93. The van der Waals surface area contributed by atoms with Crippen LogP contribution in [0.15, 0.2) is 82.2 Å². The molecule has 0 saturated carbocycles. The Morgan fingerprint density at radius 3 is 2.31 bits per heavy atom. The smallest absolute Gasteiger partial charge is 0.264 e. The average molecular weight is 635 g/mol. The number of carbonyl (C=O) groups is 2. The molecule has 0 aliphatic rings. The summed E-state index contributed by atoms with van der Waals surface area (Å²) in [6.07, 6.45) is 1.73. The van der Waals surface area contributed by atoms with Crippen LogP contribution in [0.2, 0.25) is 5.02 Å². The molecular weight excluding hydrogens is 602 g/mol. The van der Waals surface area contributed by atoms with Gasteiger partial charge in [0, 0.05) is 22.6 Å². The van der Waals surface area contributed by atoms with Crippen LogP contribution in [0.25, 0.3) is 0 Å². The molecule has 0 spiro atoms. The van der Waals surface area contributed by atoms with Crippen LogP contribution in [0.1, 0.15) is 37.8 Å². The molecule has 3 aromatic carbocycles. The molecule has 0 aliphatic carbocycles. The van der Waals surface area contributed by atoms with E-state index in [1.165, 1.54) is 17.0 Å². The van der Waals surface area contributed by atoms with E-state index in [1.807, 2.05) is 31.2 Å². The molecular formula is C29H33BrClN3O4S. The van der Waals surface area contributed by atoms with Crippen LogP contribution in [0.3, 0.4) is 0 Å². The van der Waals surface area contributed by atoms with Gasteiger partial charge in [0.15, 0.2) is 0 Å². The molecule has 0 bridgehead atoms. The fourth-order valence-electron chi connectivity index (χ4n) is 4.00. The Labute approximate surface area is 244 Å². The number of nitrogens with one attached hydrogen (secondary N) is 1. The predicted octanol–water partition coefficient (Wildman–Crippen LogP) is 5.94. The molecule has 10 heteroatoms. The van der Waals surface area contributed by atoms with E-state index in [4.69, 9.17) is 11.6 Å². The van der Waals surface area contributed by atoms with Gasteiger partial charge in [0.2, 0.25) is 11.8 Å². The second-order valence-electron chi connectivity index (χ2n) is 9.18. The number of sulfonamides is 1. The van der Waals surface area contributed by atoms with Crippen molar-refractivity contribution in [3.8, 4) is 0 Å². The fraction of sp³-hybridized carbons (Fsp3) is 0.310. The van der Waals surface area contributed by atoms with Crippen LogP contribution in [-0.2, 0) is 26.2 Å². The van der Waals surface area contributed by atoms with Gasteiger partial charge >= 0.3 is 0 Å². The van der Waals surface area contributed by atoms with Crippen molar-refractivity contribution in [1.29, 1.82) is 0 Å². The van der Waals surface area contributed by atoms with E-state index in [9.17, 15) is 18.0 Å². The molecule has 2 amide bonds. The van der Waals surface area contributed by atoms with Crippen molar-refractivity contribution in [2.24, 2.45) is 0 Å².